The highest BCUT2D eigenvalue weighted by Crippen LogP contribution is 2.13. The molecule has 0 heterocycles. The molecule has 0 spiro atoms. The zero-order chi connectivity index (χ0) is 41.4. The van der Waals surface area contributed by atoms with Crippen LogP contribution in [-0.2, 0) is 28.6 Å². The highest BCUT2D eigenvalue weighted by atomic mass is 16.6. The number of nitrogens with zero attached hydrogens (tertiary/aromatic N) is 1. The zero-order valence-corrected chi connectivity index (χ0v) is 36.6. The maximum atomic E-state index is 12.7. The number of hydrogen-bond acceptors (Lipinski definition) is 6. The van der Waals surface area contributed by atoms with Gasteiger partial charge in [-0.3, -0.25) is 9.59 Å². The maximum Gasteiger partial charge on any atom is 0.362 e. The van der Waals surface area contributed by atoms with E-state index in [9.17, 15) is 19.5 Å². The van der Waals surface area contributed by atoms with E-state index < -0.39 is 18.1 Å². The Morgan fingerprint density at radius 2 is 1.00 bits per heavy atom. The average Bonchev–Trinajstić information content (AvgIpc) is 3.15. The van der Waals surface area contributed by atoms with Crippen LogP contribution in [0.5, 0.6) is 0 Å². The van der Waals surface area contributed by atoms with Crippen LogP contribution in [-0.4, -0.2) is 80.6 Å². The van der Waals surface area contributed by atoms with Crippen LogP contribution >= 0.6 is 0 Å². The second kappa shape index (κ2) is 38.9. The van der Waals surface area contributed by atoms with Crippen molar-refractivity contribution in [2.45, 2.75) is 187 Å². The zero-order valence-electron chi connectivity index (χ0n) is 36.6. The molecule has 2 atom stereocenters. The van der Waals surface area contributed by atoms with Gasteiger partial charge in [0, 0.05) is 19.3 Å². The summed E-state index contributed by atoms with van der Waals surface area (Å²) in [5.74, 6) is -1.50. The van der Waals surface area contributed by atoms with Crippen LogP contribution in [0.1, 0.15) is 174 Å². The van der Waals surface area contributed by atoms with Crippen LogP contribution in [0.3, 0.4) is 0 Å². The van der Waals surface area contributed by atoms with Crippen LogP contribution < -0.4 is 0 Å². The van der Waals surface area contributed by atoms with Gasteiger partial charge in [0.25, 0.3) is 0 Å². The summed E-state index contributed by atoms with van der Waals surface area (Å²) < 4.78 is 17.3. The normalized spacial score (nSPS) is 13.5. The molecule has 56 heavy (non-hydrogen) atoms. The predicted molar refractivity (Wildman–Crippen MR) is 234 cm³/mol. The van der Waals surface area contributed by atoms with E-state index in [-0.39, 0.29) is 36.2 Å². The smallest absolute Gasteiger partial charge is 0.362 e. The quantitative estimate of drug-likeness (QED) is 0.0287. The lowest BCUT2D eigenvalue weighted by molar-refractivity contribution is -0.887. The van der Waals surface area contributed by atoms with Crippen molar-refractivity contribution in [1.82, 2.24) is 0 Å². The van der Waals surface area contributed by atoms with E-state index in [2.05, 4.69) is 74.6 Å². The molecule has 0 bridgehead atoms. The Morgan fingerprint density at radius 3 is 1.50 bits per heavy atom. The third kappa shape index (κ3) is 36.7. The van der Waals surface area contributed by atoms with Gasteiger partial charge in [0.1, 0.15) is 6.61 Å². The van der Waals surface area contributed by atoms with Crippen molar-refractivity contribution < 1.29 is 38.2 Å². The molecule has 0 aromatic heterocycles. The van der Waals surface area contributed by atoms with Gasteiger partial charge in [0.2, 0.25) is 0 Å². The van der Waals surface area contributed by atoms with Crippen molar-refractivity contribution in [3.8, 4) is 0 Å². The standard InChI is InChI=1S/C48H83NO7/c1-6-8-10-12-14-16-18-20-21-22-23-24-25-26-27-29-30-32-34-36-38-46(50)55-43-44(42-54-41-40-45(48(52)53)49(3,4)5)56-47(51)39-37-35-33-31-28-19-17-15-13-11-9-7-2/h8,10,14-17,20-21,23-24,44-45H,6-7,9,11-13,18-19,22,25-43H2,1-5H3/p+1/b10-8+,16-14+,17-15+,21-20+,24-23+. The van der Waals surface area contributed by atoms with Crippen molar-refractivity contribution in [1.29, 1.82) is 0 Å². The van der Waals surface area contributed by atoms with Gasteiger partial charge in [-0.2, -0.15) is 0 Å². The van der Waals surface area contributed by atoms with Gasteiger partial charge in [0.15, 0.2) is 12.1 Å². The largest absolute Gasteiger partial charge is 0.477 e. The molecule has 0 aliphatic heterocycles. The molecule has 0 saturated carbocycles. The lowest BCUT2D eigenvalue weighted by Gasteiger charge is -2.31. The number of carbonyl (C=O) groups is 3. The number of esters is 2. The molecule has 0 saturated heterocycles. The monoisotopic (exact) mass is 787 g/mol. The van der Waals surface area contributed by atoms with Gasteiger partial charge < -0.3 is 23.8 Å². The summed E-state index contributed by atoms with van der Waals surface area (Å²) in [6.45, 7) is 4.57. The van der Waals surface area contributed by atoms with Crippen molar-refractivity contribution in [2.75, 3.05) is 41.0 Å². The van der Waals surface area contributed by atoms with E-state index in [0.29, 0.717) is 19.3 Å². The Balaban J connectivity index is 4.32. The number of carboxylic acids is 1. The molecule has 8 nitrogen and oxygen atoms in total. The number of allylic oxidation sites excluding steroid dienone is 10. The highest BCUT2D eigenvalue weighted by Gasteiger charge is 2.31. The molecule has 0 aliphatic carbocycles. The number of unbranched alkanes of at least 4 members (excludes halogenated alkanes) is 15. The molecule has 0 rings (SSSR count). The number of rotatable bonds is 39. The molecule has 0 aromatic carbocycles. The first-order valence-electron chi connectivity index (χ1n) is 22.3. The number of carbonyl (C=O) groups excluding carboxylic acids is 2. The van der Waals surface area contributed by atoms with Crippen LogP contribution in [0.15, 0.2) is 60.8 Å². The predicted octanol–water partition coefficient (Wildman–Crippen LogP) is 12.2. The molecule has 0 fully saturated rings. The summed E-state index contributed by atoms with van der Waals surface area (Å²) in [4.78, 5) is 37.0. The van der Waals surface area contributed by atoms with Gasteiger partial charge in [0.05, 0.1) is 34.4 Å². The Labute approximate surface area is 343 Å². The maximum absolute atomic E-state index is 12.7. The van der Waals surface area contributed by atoms with Crippen molar-refractivity contribution in [3.63, 3.8) is 0 Å². The van der Waals surface area contributed by atoms with Crippen molar-refractivity contribution in [3.05, 3.63) is 60.8 Å². The van der Waals surface area contributed by atoms with Gasteiger partial charge >= 0.3 is 17.9 Å². The number of quaternary nitrogens is 1. The minimum Gasteiger partial charge on any atom is -0.477 e. The minimum atomic E-state index is -0.880. The van der Waals surface area contributed by atoms with Crippen molar-refractivity contribution >= 4 is 17.9 Å². The van der Waals surface area contributed by atoms with Crippen LogP contribution in [0.2, 0.25) is 0 Å². The van der Waals surface area contributed by atoms with E-state index in [1.54, 1.807) is 0 Å². The molecule has 0 radical (unpaired) electrons. The van der Waals surface area contributed by atoms with Crippen LogP contribution in [0.25, 0.3) is 0 Å². The number of aliphatic carboxylic acids is 1. The molecular formula is C48H84NO7+. The summed E-state index contributed by atoms with van der Waals surface area (Å²) in [7, 11) is 5.51. The second-order valence-corrected chi connectivity index (χ2v) is 15.9. The lowest BCUT2D eigenvalue weighted by atomic mass is 10.1. The fourth-order valence-corrected chi connectivity index (χ4v) is 6.19. The van der Waals surface area contributed by atoms with Gasteiger partial charge in [-0.1, -0.05) is 139 Å². The molecule has 0 amide bonds. The summed E-state index contributed by atoms with van der Waals surface area (Å²) in [5.41, 5.74) is 0. The second-order valence-electron chi connectivity index (χ2n) is 15.9. The fraction of sp³-hybridized carbons (Fsp3) is 0.729. The minimum absolute atomic E-state index is 0.0523. The number of carboxylic acid groups (broad SMARTS) is 1. The number of ether oxygens (including phenoxy) is 3. The van der Waals surface area contributed by atoms with Gasteiger partial charge in [-0.15, -0.1) is 0 Å². The molecule has 0 aromatic rings. The van der Waals surface area contributed by atoms with E-state index in [1.165, 1.54) is 57.8 Å². The number of likely N-dealkylation sites (N-methyl/N-ethyl adjacent to an activating group) is 1. The van der Waals surface area contributed by atoms with Gasteiger partial charge in [-0.05, 0) is 77.0 Å². The summed E-state index contributed by atoms with van der Waals surface area (Å²) in [5, 5.41) is 9.61. The van der Waals surface area contributed by atoms with E-state index in [1.807, 2.05) is 21.1 Å². The van der Waals surface area contributed by atoms with Crippen LogP contribution in [0.4, 0.5) is 0 Å². The molecule has 1 N–H and O–H groups in total. The van der Waals surface area contributed by atoms with Gasteiger partial charge in [-0.25, -0.2) is 4.79 Å². The Hall–Kier alpha value is -2.97. The topological polar surface area (TPSA) is 99.1 Å². The molecule has 8 heteroatoms. The third-order valence-electron chi connectivity index (χ3n) is 9.65. The summed E-state index contributed by atoms with van der Waals surface area (Å²) in [6, 6.07) is -0.619. The lowest BCUT2D eigenvalue weighted by Crippen LogP contribution is -2.50. The fourth-order valence-electron chi connectivity index (χ4n) is 6.19. The average molecular weight is 787 g/mol. The number of hydrogen-bond donors (Lipinski definition) is 1. The first kappa shape index (κ1) is 53.0. The Kier molecular flexibility index (Phi) is 36.8. The van der Waals surface area contributed by atoms with E-state index >= 15 is 0 Å². The molecular weight excluding hydrogens is 703 g/mol. The first-order chi connectivity index (χ1) is 27.1. The Bertz CT molecular complexity index is 1100. The van der Waals surface area contributed by atoms with E-state index in [0.717, 1.165) is 83.5 Å². The summed E-state index contributed by atoms with van der Waals surface area (Å²) in [6.07, 6.45) is 46.9. The Morgan fingerprint density at radius 1 is 0.554 bits per heavy atom. The van der Waals surface area contributed by atoms with E-state index in [4.69, 9.17) is 14.2 Å². The highest BCUT2D eigenvalue weighted by molar-refractivity contribution is 5.72. The third-order valence-corrected chi connectivity index (χ3v) is 9.65. The first-order valence-corrected chi connectivity index (χ1v) is 22.3. The molecule has 0 aliphatic rings. The van der Waals surface area contributed by atoms with Crippen LogP contribution in [0, 0.1) is 0 Å². The summed E-state index contributed by atoms with van der Waals surface area (Å²) >= 11 is 0. The SMILES string of the molecule is CC/C=C/C/C=C/C/C=C/C/C=C/CCCCCCCCCC(=O)OCC(COCCC(C(=O)O)[N+](C)(C)C)OC(=O)CCCCCCC/C=C/CCCCC. The molecule has 322 valence electrons. The molecule has 2 unspecified atom stereocenters. The van der Waals surface area contributed by atoms with Crippen molar-refractivity contribution in [2.24, 2.45) is 0 Å².